The Morgan fingerprint density at radius 3 is 2.74 bits per heavy atom. The number of ether oxygens (including phenoxy) is 1. The van der Waals surface area contributed by atoms with Crippen molar-refractivity contribution in [3.05, 3.63) is 74.8 Å². The van der Waals surface area contributed by atoms with Crippen molar-refractivity contribution in [2.45, 2.75) is 37.3 Å². The largest absolute Gasteiger partial charge is 0.390 e. The molecule has 0 radical (unpaired) electrons. The molecular weight excluding hydrogens is 631 g/mol. The van der Waals surface area contributed by atoms with Gasteiger partial charge in [-0.2, -0.15) is 31.3 Å². The van der Waals surface area contributed by atoms with Gasteiger partial charge in [0.2, 0.25) is 0 Å². The fourth-order valence-corrected chi connectivity index (χ4v) is 8.49. The van der Waals surface area contributed by atoms with E-state index >= 15 is 0 Å². The fraction of sp³-hybridized carbons (Fsp3) is 0.423. The van der Waals surface area contributed by atoms with Crippen LogP contribution in [-0.4, -0.2) is 87.8 Å². The summed E-state index contributed by atoms with van der Waals surface area (Å²) in [4.78, 5) is 11.2. The molecule has 5 atom stereocenters. The van der Waals surface area contributed by atoms with Crippen LogP contribution in [0.3, 0.4) is 0 Å². The van der Waals surface area contributed by atoms with Gasteiger partial charge in [0.25, 0.3) is 10.2 Å². The molecule has 1 aromatic carbocycles. The molecule has 2 bridgehead atoms. The topological polar surface area (TPSA) is 125 Å². The number of benzene rings is 1. The molecule has 7 rings (SSSR count). The Kier molecular flexibility index (Phi) is 7.35. The zero-order valence-corrected chi connectivity index (χ0v) is 24.6. The quantitative estimate of drug-likeness (QED) is 0.401. The minimum atomic E-state index is -3.99. The van der Waals surface area contributed by atoms with Crippen LogP contribution in [0, 0.1) is 11.7 Å². The number of nitrogens with zero attached hydrogens (tertiary/aromatic N) is 6. The summed E-state index contributed by atoms with van der Waals surface area (Å²) < 4.78 is 78.4. The van der Waals surface area contributed by atoms with E-state index in [2.05, 4.69) is 14.8 Å². The Balaban J connectivity index is 1.30. The molecule has 4 unspecified atom stereocenters. The number of halogens is 4. The normalized spacial score (nSPS) is 27.7. The first-order valence-corrected chi connectivity index (χ1v) is 16.1. The van der Waals surface area contributed by atoms with Crippen molar-refractivity contribution in [3.8, 4) is 0 Å². The molecule has 17 heteroatoms. The second-order valence-corrected chi connectivity index (χ2v) is 13.8. The van der Waals surface area contributed by atoms with Crippen LogP contribution in [0.15, 0.2) is 52.7 Å². The lowest BCUT2D eigenvalue weighted by Gasteiger charge is -2.33. The van der Waals surface area contributed by atoms with E-state index in [1.54, 1.807) is 11.6 Å². The number of alkyl halides is 2. The average Bonchev–Trinajstić information content (AvgIpc) is 3.75. The highest BCUT2D eigenvalue weighted by Gasteiger charge is 2.47. The van der Waals surface area contributed by atoms with Crippen molar-refractivity contribution in [2.24, 2.45) is 10.9 Å². The molecule has 0 spiro atoms. The smallest absolute Gasteiger partial charge is 0.333 e. The van der Waals surface area contributed by atoms with Gasteiger partial charge in [-0.3, -0.25) is 4.99 Å². The summed E-state index contributed by atoms with van der Waals surface area (Å²) in [5.41, 5.74) is 1.69. The Labute approximate surface area is 253 Å². The van der Waals surface area contributed by atoms with Gasteiger partial charge in [-0.05, 0) is 18.2 Å². The molecule has 0 aliphatic carbocycles. The lowest BCUT2D eigenvalue weighted by Crippen LogP contribution is -2.55. The van der Waals surface area contributed by atoms with Gasteiger partial charge in [-0.25, -0.2) is 14.1 Å². The van der Waals surface area contributed by atoms with Gasteiger partial charge in [0.05, 0.1) is 24.5 Å². The number of piperidine rings is 1. The van der Waals surface area contributed by atoms with Crippen molar-refractivity contribution in [1.29, 1.82) is 0 Å². The van der Waals surface area contributed by atoms with E-state index in [4.69, 9.17) is 21.3 Å². The third-order valence-electron chi connectivity index (χ3n) is 8.09. The molecule has 4 aliphatic rings. The maximum absolute atomic E-state index is 14.0. The SMILES string of the molecule is O=S(=O)(NC1CC2=C(c3ccn(C(F)F)n3)[C@H](c3ccc(F)cc3Cl)N=C(c3nccs3)N2C1)N1CC2COC(C1)C2O. The maximum atomic E-state index is 14.0. The van der Waals surface area contributed by atoms with Crippen molar-refractivity contribution < 1.29 is 31.4 Å². The highest BCUT2D eigenvalue weighted by molar-refractivity contribution is 7.87. The second-order valence-electron chi connectivity index (χ2n) is 10.8. The van der Waals surface area contributed by atoms with Crippen LogP contribution in [0.1, 0.15) is 35.3 Å². The highest BCUT2D eigenvalue weighted by Crippen LogP contribution is 2.46. The van der Waals surface area contributed by atoms with Gasteiger partial charge in [-0.15, -0.1) is 11.3 Å². The number of aliphatic hydroxyl groups excluding tert-OH is 1. The number of aliphatic hydroxyl groups is 1. The van der Waals surface area contributed by atoms with Crippen molar-refractivity contribution >= 4 is 44.6 Å². The molecule has 6 heterocycles. The van der Waals surface area contributed by atoms with Gasteiger partial charge in [-0.1, -0.05) is 17.7 Å². The van der Waals surface area contributed by atoms with Crippen LogP contribution in [0.4, 0.5) is 13.2 Å². The fourth-order valence-electron chi connectivity index (χ4n) is 6.12. The molecule has 228 valence electrons. The number of nitrogens with one attached hydrogen (secondary N) is 1. The Morgan fingerprint density at radius 1 is 1.21 bits per heavy atom. The van der Waals surface area contributed by atoms with Gasteiger partial charge < -0.3 is 14.7 Å². The average molecular weight is 656 g/mol. The molecule has 43 heavy (non-hydrogen) atoms. The van der Waals surface area contributed by atoms with E-state index in [-0.39, 0.29) is 49.3 Å². The Hall–Kier alpha value is -2.86. The third kappa shape index (κ3) is 5.18. The van der Waals surface area contributed by atoms with E-state index < -0.39 is 46.9 Å². The van der Waals surface area contributed by atoms with Crippen LogP contribution in [-0.2, 0) is 14.9 Å². The first kappa shape index (κ1) is 28.9. The van der Waals surface area contributed by atoms with Crippen molar-refractivity contribution in [2.75, 3.05) is 26.2 Å². The zero-order valence-electron chi connectivity index (χ0n) is 22.2. The number of amidine groups is 1. The molecule has 3 saturated heterocycles. The minimum Gasteiger partial charge on any atom is -0.390 e. The predicted molar refractivity (Wildman–Crippen MR) is 151 cm³/mol. The van der Waals surface area contributed by atoms with Crippen LogP contribution < -0.4 is 4.72 Å². The summed E-state index contributed by atoms with van der Waals surface area (Å²) in [6, 6.07) is 3.82. The summed E-state index contributed by atoms with van der Waals surface area (Å²) in [5, 5.41) is 16.8. The molecule has 2 aromatic heterocycles. The maximum Gasteiger partial charge on any atom is 0.333 e. The Morgan fingerprint density at radius 2 is 2.05 bits per heavy atom. The van der Waals surface area contributed by atoms with E-state index in [1.807, 2.05) is 4.90 Å². The second kappa shape index (κ2) is 10.9. The number of aromatic nitrogens is 3. The first-order chi connectivity index (χ1) is 20.6. The van der Waals surface area contributed by atoms with Gasteiger partial charge >= 0.3 is 6.55 Å². The monoisotopic (exact) mass is 655 g/mol. The summed E-state index contributed by atoms with van der Waals surface area (Å²) in [6.45, 7) is -2.27. The lowest BCUT2D eigenvalue weighted by atomic mass is 9.92. The molecule has 2 N–H and O–H groups in total. The summed E-state index contributed by atoms with van der Waals surface area (Å²) in [7, 11) is -3.99. The number of hydrogen-bond acceptors (Lipinski definition) is 9. The molecule has 3 aromatic rings. The molecule has 4 aliphatic heterocycles. The van der Waals surface area contributed by atoms with Crippen LogP contribution in [0.2, 0.25) is 5.02 Å². The van der Waals surface area contributed by atoms with Gasteiger partial charge in [0.15, 0.2) is 10.8 Å². The number of fused-ring (bicyclic) bond motifs is 3. The number of hydrogen-bond donors (Lipinski definition) is 2. The molecule has 3 fully saturated rings. The molecule has 11 nitrogen and oxygen atoms in total. The summed E-state index contributed by atoms with van der Waals surface area (Å²) >= 11 is 7.83. The van der Waals surface area contributed by atoms with Crippen molar-refractivity contribution in [3.63, 3.8) is 0 Å². The zero-order chi connectivity index (χ0) is 30.0. The van der Waals surface area contributed by atoms with Crippen LogP contribution in [0.25, 0.3) is 5.57 Å². The minimum absolute atomic E-state index is 0.0272. The summed E-state index contributed by atoms with van der Waals surface area (Å²) in [5.74, 6) is -0.415. The number of thiazole rings is 1. The number of aliphatic imine (C=N–C) groups is 1. The van der Waals surface area contributed by atoms with Crippen LogP contribution in [0.5, 0.6) is 0 Å². The van der Waals surface area contributed by atoms with E-state index in [9.17, 15) is 26.7 Å². The molecule has 0 amide bonds. The van der Waals surface area contributed by atoms with Gasteiger partial charge in [0.1, 0.15) is 11.9 Å². The summed E-state index contributed by atoms with van der Waals surface area (Å²) in [6.07, 6.45) is 1.64. The van der Waals surface area contributed by atoms with Crippen molar-refractivity contribution in [1.82, 2.24) is 28.7 Å². The van der Waals surface area contributed by atoms with E-state index in [1.165, 1.54) is 33.8 Å². The molecular formula is C26H25ClF3N7O4S2. The number of rotatable bonds is 7. The van der Waals surface area contributed by atoms with E-state index in [0.717, 1.165) is 12.3 Å². The molecule has 0 saturated carbocycles. The van der Waals surface area contributed by atoms with Crippen LogP contribution >= 0.6 is 22.9 Å². The first-order valence-electron chi connectivity index (χ1n) is 13.4. The van der Waals surface area contributed by atoms with E-state index in [0.29, 0.717) is 32.4 Å². The Bertz CT molecular complexity index is 1700. The highest BCUT2D eigenvalue weighted by atomic mass is 35.5. The third-order valence-corrected chi connectivity index (χ3v) is 10.8. The predicted octanol–water partition coefficient (Wildman–Crippen LogP) is 3.04. The van der Waals surface area contributed by atoms with Gasteiger partial charge in [0, 0.05) is 77.6 Å². The lowest BCUT2D eigenvalue weighted by molar-refractivity contribution is 0.0111. The standard InChI is InChI=1S/C26H25ClF3N7O4S2/c27-17-7-14(28)1-2-16(17)22-21(18-3-5-37(33-18)26(29)30)19-8-15(10-36(19)24(32-22)25-31-4-6-42-25)34-43(39,40)35-9-13-12-41-20(11-35)23(13)38/h1-7,13,15,20,22-23,26,34,38H,8-12H2/t13?,15?,20?,22-,23?/m0/s1.